The summed E-state index contributed by atoms with van der Waals surface area (Å²) in [5.41, 5.74) is 2.00. The van der Waals surface area contributed by atoms with Crippen molar-refractivity contribution in [3.63, 3.8) is 0 Å². The highest BCUT2D eigenvalue weighted by Crippen LogP contribution is 2.33. The predicted molar refractivity (Wildman–Crippen MR) is 109 cm³/mol. The Bertz CT molecular complexity index is 1170. The van der Waals surface area contributed by atoms with Crippen LogP contribution in [0.2, 0.25) is 0 Å². The number of ether oxygens (including phenoxy) is 2. The van der Waals surface area contributed by atoms with Gasteiger partial charge in [0.25, 0.3) is 0 Å². The molecular weight excluding hydrogens is 392 g/mol. The Morgan fingerprint density at radius 1 is 0.931 bits per heavy atom. The first kappa shape index (κ1) is 18.3. The van der Waals surface area contributed by atoms with Crippen molar-refractivity contribution in [2.45, 2.75) is 4.90 Å². The zero-order chi connectivity index (χ0) is 20.0. The van der Waals surface area contributed by atoms with Crippen molar-refractivity contribution in [1.29, 1.82) is 0 Å². The number of hydrogen-bond acceptors (Lipinski definition) is 6. The van der Waals surface area contributed by atoms with Crippen molar-refractivity contribution >= 4 is 27.0 Å². The molecular formula is C20H22N4O4S. The van der Waals surface area contributed by atoms with Crippen molar-refractivity contribution in [2.75, 3.05) is 44.3 Å². The number of para-hydroxylation sites is 2. The van der Waals surface area contributed by atoms with Crippen molar-refractivity contribution in [2.24, 2.45) is 7.05 Å². The van der Waals surface area contributed by atoms with Crippen LogP contribution in [-0.2, 0) is 17.1 Å². The maximum atomic E-state index is 13.1. The predicted octanol–water partition coefficient (Wildman–Crippen LogP) is 1.86. The normalized spacial score (nSPS) is 17.6. The number of piperazine rings is 1. The summed E-state index contributed by atoms with van der Waals surface area (Å²) in [6.45, 7) is 2.87. The zero-order valence-electron chi connectivity index (χ0n) is 16.1. The zero-order valence-corrected chi connectivity index (χ0v) is 16.9. The second kappa shape index (κ2) is 6.93. The molecule has 0 aliphatic carbocycles. The number of aromatic nitrogens is 2. The Balaban J connectivity index is 1.35. The van der Waals surface area contributed by atoms with Crippen LogP contribution in [-0.4, -0.2) is 61.7 Å². The van der Waals surface area contributed by atoms with E-state index in [0.29, 0.717) is 50.9 Å². The second-order valence-corrected chi connectivity index (χ2v) is 9.09. The molecule has 0 amide bonds. The fraction of sp³-hybridized carbons (Fsp3) is 0.350. The summed E-state index contributed by atoms with van der Waals surface area (Å²) < 4.78 is 40.8. The van der Waals surface area contributed by atoms with E-state index < -0.39 is 10.0 Å². The number of anilines is 1. The van der Waals surface area contributed by atoms with Crippen LogP contribution in [0.15, 0.2) is 47.4 Å². The number of sulfonamides is 1. The third-order valence-corrected chi connectivity index (χ3v) is 7.33. The Kier molecular flexibility index (Phi) is 4.36. The standard InChI is InChI=1S/C20H22N4O4S/c1-22-17-5-3-2-4-16(17)21-20(22)23-8-10-24(11-9-23)29(25,26)15-6-7-18-19(14-15)28-13-12-27-18/h2-7,14H,8-13H2,1H3. The molecule has 9 heteroatoms. The van der Waals surface area contributed by atoms with E-state index in [-0.39, 0.29) is 4.90 Å². The van der Waals surface area contributed by atoms with Crippen LogP contribution in [0, 0.1) is 0 Å². The lowest BCUT2D eigenvalue weighted by molar-refractivity contribution is 0.171. The van der Waals surface area contributed by atoms with E-state index in [1.54, 1.807) is 18.2 Å². The van der Waals surface area contributed by atoms with Gasteiger partial charge in [0.15, 0.2) is 11.5 Å². The molecule has 5 rings (SSSR count). The van der Waals surface area contributed by atoms with Crippen molar-refractivity contribution in [1.82, 2.24) is 13.9 Å². The van der Waals surface area contributed by atoms with E-state index in [1.165, 1.54) is 4.31 Å². The van der Waals surface area contributed by atoms with Gasteiger partial charge in [-0.1, -0.05) is 12.1 Å². The molecule has 1 aromatic heterocycles. The first-order valence-corrected chi connectivity index (χ1v) is 11.0. The van der Waals surface area contributed by atoms with Crippen LogP contribution < -0.4 is 14.4 Å². The van der Waals surface area contributed by atoms with Gasteiger partial charge in [-0.2, -0.15) is 4.31 Å². The highest BCUT2D eigenvalue weighted by molar-refractivity contribution is 7.89. The lowest BCUT2D eigenvalue weighted by Crippen LogP contribution is -2.49. The monoisotopic (exact) mass is 414 g/mol. The van der Waals surface area contributed by atoms with E-state index in [1.807, 2.05) is 31.3 Å². The Morgan fingerprint density at radius 2 is 1.66 bits per heavy atom. The summed E-state index contributed by atoms with van der Waals surface area (Å²) in [5.74, 6) is 1.93. The van der Waals surface area contributed by atoms with Gasteiger partial charge in [0.1, 0.15) is 13.2 Å². The van der Waals surface area contributed by atoms with Crippen molar-refractivity contribution in [3.05, 3.63) is 42.5 Å². The van der Waals surface area contributed by atoms with Gasteiger partial charge in [-0.05, 0) is 24.3 Å². The minimum absolute atomic E-state index is 0.234. The Morgan fingerprint density at radius 3 is 2.41 bits per heavy atom. The van der Waals surface area contributed by atoms with Crippen LogP contribution in [0.1, 0.15) is 0 Å². The molecule has 0 N–H and O–H groups in total. The molecule has 3 heterocycles. The molecule has 152 valence electrons. The van der Waals surface area contributed by atoms with E-state index in [0.717, 1.165) is 17.0 Å². The van der Waals surface area contributed by atoms with Gasteiger partial charge in [0.05, 0.1) is 15.9 Å². The van der Waals surface area contributed by atoms with E-state index in [9.17, 15) is 8.42 Å². The summed E-state index contributed by atoms with van der Waals surface area (Å²) >= 11 is 0. The molecule has 1 fully saturated rings. The number of imidazole rings is 1. The van der Waals surface area contributed by atoms with Crippen LogP contribution in [0.3, 0.4) is 0 Å². The Hall–Kier alpha value is -2.78. The van der Waals surface area contributed by atoms with Gasteiger partial charge < -0.3 is 18.9 Å². The SMILES string of the molecule is Cn1c(N2CCN(S(=O)(=O)c3ccc4c(c3)OCCO4)CC2)nc2ccccc21. The third-order valence-electron chi connectivity index (χ3n) is 5.44. The molecule has 0 atom stereocenters. The molecule has 3 aromatic rings. The average Bonchev–Trinajstić information content (AvgIpc) is 3.10. The largest absolute Gasteiger partial charge is 0.486 e. The fourth-order valence-corrected chi connectivity index (χ4v) is 5.32. The molecule has 0 unspecified atom stereocenters. The second-order valence-electron chi connectivity index (χ2n) is 7.16. The van der Waals surface area contributed by atoms with Gasteiger partial charge in [-0.25, -0.2) is 13.4 Å². The van der Waals surface area contributed by atoms with Crippen LogP contribution >= 0.6 is 0 Å². The van der Waals surface area contributed by atoms with Gasteiger partial charge in [-0.15, -0.1) is 0 Å². The molecule has 0 radical (unpaired) electrons. The van der Waals surface area contributed by atoms with Gasteiger partial charge in [-0.3, -0.25) is 0 Å². The quantitative estimate of drug-likeness (QED) is 0.651. The summed E-state index contributed by atoms with van der Waals surface area (Å²) in [5, 5.41) is 0. The molecule has 29 heavy (non-hydrogen) atoms. The van der Waals surface area contributed by atoms with E-state index in [4.69, 9.17) is 14.5 Å². The van der Waals surface area contributed by atoms with Crippen molar-refractivity contribution in [3.8, 4) is 11.5 Å². The molecule has 2 aliphatic rings. The Labute approximate surface area is 169 Å². The van der Waals surface area contributed by atoms with Gasteiger partial charge >= 0.3 is 0 Å². The number of hydrogen-bond donors (Lipinski definition) is 0. The number of benzene rings is 2. The summed E-state index contributed by atoms with van der Waals surface area (Å²) in [4.78, 5) is 7.09. The summed E-state index contributed by atoms with van der Waals surface area (Å²) in [7, 11) is -1.60. The smallest absolute Gasteiger partial charge is 0.243 e. The molecule has 0 saturated carbocycles. The highest BCUT2D eigenvalue weighted by atomic mass is 32.2. The number of fused-ring (bicyclic) bond motifs is 2. The third kappa shape index (κ3) is 3.10. The molecule has 8 nitrogen and oxygen atoms in total. The first-order chi connectivity index (χ1) is 14.0. The van der Waals surface area contributed by atoms with Crippen LogP contribution in [0.5, 0.6) is 11.5 Å². The van der Waals surface area contributed by atoms with Crippen LogP contribution in [0.4, 0.5) is 5.95 Å². The van der Waals surface area contributed by atoms with Gasteiger partial charge in [0, 0.05) is 39.3 Å². The number of nitrogens with zero attached hydrogens (tertiary/aromatic N) is 4. The topological polar surface area (TPSA) is 76.9 Å². The maximum absolute atomic E-state index is 13.1. The molecule has 2 aromatic carbocycles. The van der Waals surface area contributed by atoms with Gasteiger partial charge in [0.2, 0.25) is 16.0 Å². The van der Waals surface area contributed by atoms with E-state index in [2.05, 4.69) is 9.47 Å². The molecule has 0 bridgehead atoms. The lowest BCUT2D eigenvalue weighted by Gasteiger charge is -2.34. The minimum Gasteiger partial charge on any atom is -0.486 e. The minimum atomic E-state index is -3.59. The molecule has 0 spiro atoms. The van der Waals surface area contributed by atoms with Crippen molar-refractivity contribution < 1.29 is 17.9 Å². The number of rotatable bonds is 3. The lowest BCUT2D eigenvalue weighted by atomic mass is 10.3. The average molecular weight is 414 g/mol. The van der Waals surface area contributed by atoms with Crippen LogP contribution in [0.25, 0.3) is 11.0 Å². The highest BCUT2D eigenvalue weighted by Gasteiger charge is 2.31. The summed E-state index contributed by atoms with van der Waals surface area (Å²) in [6, 6.07) is 12.8. The number of aryl methyl sites for hydroxylation is 1. The maximum Gasteiger partial charge on any atom is 0.243 e. The summed E-state index contributed by atoms with van der Waals surface area (Å²) in [6.07, 6.45) is 0. The molecule has 1 saturated heterocycles. The molecule has 2 aliphatic heterocycles. The first-order valence-electron chi connectivity index (χ1n) is 9.60. The fourth-order valence-electron chi connectivity index (χ4n) is 3.88. The van der Waals surface area contributed by atoms with E-state index >= 15 is 0 Å².